The smallest absolute Gasteiger partial charge is 0.410 e. The first-order chi connectivity index (χ1) is 18.8. The van der Waals surface area contributed by atoms with Gasteiger partial charge in [-0.1, -0.05) is 23.8 Å². The molecule has 1 amide bonds. The maximum Gasteiger partial charge on any atom is 0.410 e. The van der Waals surface area contributed by atoms with Crippen LogP contribution in [0.25, 0.3) is 10.8 Å². The van der Waals surface area contributed by atoms with Gasteiger partial charge < -0.3 is 18.9 Å². The summed E-state index contributed by atoms with van der Waals surface area (Å²) in [6.07, 6.45) is 6.19. The zero-order valence-electron chi connectivity index (χ0n) is 22.2. The second kappa shape index (κ2) is 11.4. The Morgan fingerprint density at radius 3 is 2.90 bits per heavy atom. The molecule has 1 aromatic carbocycles. The number of fused-ring (bicyclic) bond motifs is 3. The summed E-state index contributed by atoms with van der Waals surface area (Å²) in [6, 6.07) is 6.41. The molecule has 2 aliphatic heterocycles. The number of nitrogens with zero attached hydrogens (tertiary/aromatic N) is 2. The van der Waals surface area contributed by atoms with Crippen molar-refractivity contribution in [1.82, 2.24) is 9.88 Å². The Bertz CT molecular complexity index is 1300. The number of Topliss-reactive ketones (excluding diaryl/α,β-unsaturated/α-hetero) is 1. The summed E-state index contributed by atoms with van der Waals surface area (Å²) in [5.41, 5.74) is -0.883. The number of esters is 1. The predicted molar refractivity (Wildman–Crippen MR) is 144 cm³/mol. The number of aromatic nitrogens is 1. The topological polar surface area (TPSA) is 104 Å². The molecule has 2 fully saturated rings. The molecule has 208 valence electrons. The number of pyridine rings is 1. The molecule has 1 aliphatic carbocycles. The minimum Gasteiger partial charge on any atom is -0.497 e. The highest BCUT2D eigenvalue weighted by molar-refractivity contribution is 6.30. The lowest BCUT2D eigenvalue weighted by Gasteiger charge is -2.24. The van der Waals surface area contributed by atoms with Crippen LogP contribution in [-0.4, -0.2) is 66.7 Å². The highest BCUT2D eigenvalue weighted by atomic mass is 35.5. The number of methoxy groups -OCH3 is 1. The number of rotatable bonds is 5. The van der Waals surface area contributed by atoms with Crippen molar-refractivity contribution in [3.05, 3.63) is 41.6 Å². The van der Waals surface area contributed by atoms with E-state index in [9.17, 15) is 14.4 Å². The third-order valence-electron chi connectivity index (χ3n) is 7.78. The maximum atomic E-state index is 13.7. The average molecular weight is 557 g/mol. The van der Waals surface area contributed by atoms with Gasteiger partial charge in [-0.25, -0.2) is 9.78 Å². The summed E-state index contributed by atoms with van der Waals surface area (Å²) in [4.78, 5) is 45.6. The highest BCUT2D eigenvalue weighted by Gasteiger charge is 2.61. The van der Waals surface area contributed by atoms with Gasteiger partial charge in [0.25, 0.3) is 0 Å². The first-order valence-electron chi connectivity index (χ1n) is 13.5. The number of ketones is 1. The standard InChI is InChI=1S/C29H33ClN2O7/c1-3-37-27(34)29-15-19(29)8-6-4-5-7-11-38-28(35)32-17-21(14-23(32)24(33)16-29)39-26-22-10-9-20(36-2)12-18(22)13-25(30)31-26/h6,8-10,12-13,19,21,23H,3-5,7,11,14-17H2,1-2H3/b8-6-/t19-,21-,23+,29-/m1/s1. The second-order valence-electron chi connectivity index (χ2n) is 10.3. The zero-order valence-corrected chi connectivity index (χ0v) is 22.9. The van der Waals surface area contributed by atoms with Crippen LogP contribution in [0.15, 0.2) is 36.4 Å². The quantitative estimate of drug-likeness (QED) is 0.284. The van der Waals surface area contributed by atoms with Crippen LogP contribution in [0.5, 0.6) is 11.6 Å². The van der Waals surface area contributed by atoms with Crippen LogP contribution in [0.1, 0.15) is 45.4 Å². The van der Waals surface area contributed by atoms with Crippen LogP contribution < -0.4 is 9.47 Å². The molecular formula is C29H33ClN2O7. The van der Waals surface area contributed by atoms with Crippen LogP contribution in [0.4, 0.5) is 4.79 Å². The Morgan fingerprint density at radius 2 is 2.10 bits per heavy atom. The van der Waals surface area contributed by atoms with E-state index in [1.165, 1.54) is 4.90 Å². The molecular weight excluding hydrogens is 524 g/mol. The minimum absolute atomic E-state index is 0.000146. The Morgan fingerprint density at radius 1 is 1.26 bits per heavy atom. The van der Waals surface area contributed by atoms with Gasteiger partial charge in [0.15, 0.2) is 5.78 Å². The van der Waals surface area contributed by atoms with Crippen LogP contribution in [0, 0.1) is 11.3 Å². The monoisotopic (exact) mass is 556 g/mol. The molecule has 2 aromatic rings. The third-order valence-corrected chi connectivity index (χ3v) is 7.98. The number of carbonyl (C=O) groups excluding carboxylic acids is 3. The molecule has 4 atom stereocenters. The molecule has 0 unspecified atom stereocenters. The van der Waals surface area contributed by atoms with E-state index in [0.29, 0.717) is 24.5 Å². The van der Waals surface area contributed by atoms with Gasteiger partial charge in [0.2, 0.25) is 5.88 Å². The van der Waals surface area contributed by atoms with Gasteiger partial charge >= 0.3 is 12.1 Å². The molecule has 1 saturated carbocycles. The molecule has 9 nitrogen and oxygen atoms in total. The molecule has 3 aliphatic rings. The van der Waals surface area contributed by atoms with Crippen molar-refractivity contribution in [1.29, 1.82) is 0 Å². The fourth-order valence-corrected chi connectivity index (χ4v) is 5.80. The number of ether oxygens (including phenoxy) is 4. The van der Waals surface area contributed by atoms with Crippen molar-refractivity contribution in [2.75, 3.05) is 26.9 Å². The summed E-state index contributed by atoms with van der Waals surface area (Å²) < 4.78 is 22.5. The number of allylic oxidation sites excluding steroid dienone is 2. The summed E-state index contributed by atoms with van der Waals surface area (Å²) in [5.74, 6) is 0.380. The van der Waals surface area contributed by atoms with Gasteiger partial charge in [-0.15, -0.1) is 0 Å². The molecule has 1 aromatic heterocycles. The number of benzene rings is 1. The first kappa shape index (κ1) is 27.2. The van der Waals surface area contributed by atoms with E-state index in [1.54, 1.807) is 26.2 Å². The molecule has 0 N–H and O–H groups in total. The van der Waals surface area contributed by atoms with Crippen LogP contribution in [0.3, 0.4) is 0 Å². The third kappa shape index (κ3) is 5.69. The minimum atomic E-state index is -0.883. The predicted octanol–water partition coefficient (Wildman–Crippen LogP) is 5.12. The summed E-state index contributed by atoms with van der Waals surface area (Å²) in [5, 5.41) is 1.78. The largest absolute Gasteiger partial charge is 0.497 e. The van der Waals surface area contributed by atoms with Crippen LogP contribution >= 0.6 is 11.6 Å². The van der Waals surface area contributed by atoms with Crippen molar-refractivity contribution in [3.63, 3.8) is 0 Å². The van der Waals surface area contributed by atoms with Crippen LogP contribution in [0.2, 0.25) is 5.15 Å². The van der Waals surface area contributed by atoms with Gasteiger partial charge in [-0.2, -0.15) is 0 Å². The van der Waals surface area contributed by atoms with E-state index in [4.69, 9.17) is 30.5 Å². The number of cyclic esters (lactones) is 1. The van der Waals surface area contributed by atoms with Gasteiger partial charge in [-0.3, -0.25) is 14.5 Å². The lowest BCUT2D eigenvalue weighted by atomic mass is 9.92. The van der Waals surface area contributed by atoms with Crippen molar-refractivity contribution < 1.29 is 33.3 Å². The molecule has 0 spiro atoms. The highest BCUT2D eigenvalue weighted by Crippen LogP contribution is 2.57. The van der Waals surface area contributed by atoms with Crippen LogP contribution in [-0.2, 0) is 19.1 Å². The average Bonchev–Trinajstić information content (AvgIpc) is 3.44. The number of hydrogen-bond donors (Lipinski definition) is 0. The fourth-order valence-electron chi connectivity index (χ4n) is 5.60. The van der Waals surface area contributed by atoms with Crippen molar-refractivity contribution >= 4 is 40.2 Å². The zero-order chi connectivity index (χ0) is 27.6. The normalized spacial score (nSPS) is 28.1. The SMILES string of the molecule is CCOC(=O)[C@]12CC(=O)[C@@H]3C[C@@H](Oc4nc(Cl)cc5cc(OC)ccc45)CN3C(=O)OCCCC/C=C\[C@@H]1C2. The first-order valence-corrected chi connectivity index (χ1v) is 13.8. The Kier molecular flexibility index (Phi) is 7.98. The number of hydrogen-bond acceptors (Lipinski definition) is 8. The van der Waals surface area contributed by atoms with E-state index >= 15 is 0 Å². The molecule has 10 heteroatoms. The van der Waals surface area contributed by atoms with Gasteiger partial charge in [0, 0.05) is 18.2 Å². The molecule has 39 heavy (non-hydrogen) atoms. The van der Waals surface area contributed by atoms with Crippen molar-refractivity contribution in [2.24, 2.45) is 11.3 Å². The van der Waals surface area contributed by atoms with Gasteiger partial charge in [0.1, 0.15) is 17.0 Å². The Labute approximate surface area is 232 Å². The summed E-state index contributed by atoms with van der Waals surface area (Å²) in [6.45, 7) is 2.42. The lowest BCUT2D eigenvalue weighted by Crippen LogP contribution is -2.42. The Balaban J connectivity index is 1.40. The molecule has 0 bridgehead atoms. The number of halogens is 1. The maximum absolute atomic E-state index is 13.7. The fraction of sp³-hybridized carbons (Fsp3) is 0.517. The molecule has 5 rings (SSSR count). The van der Waals surface area contributed by atoms with Gasteiger partial charge in [-0.05, 0) is 68.2 Å². The summed E-state index contributed by atoms with van der Waals surface area (Å²) in [7, 11) is 1.58. The molecule has 3 heterocycles. The van der Waals surface area contributed by atoms with Gasteiger partial charge in [0.05, 0.1) is 38.3 Å². The van der Waals surface area contributed by atoms with E-state index < -0.39 is 23.7 Å². The summed E-state index contributed by atoms with van der Waals surface area (Å²) >= 11 is 6.28. The second-order valence-corrected chi connectivity index (χ2v) is 10.7. The van der Waals surface area contributed by atoms with Crippen molar-refractivity contribution in [3.8, 4) is 11.6 Å². The number of amides is 1. The molecule has 1 saturated heterocycles. The van der Waals surface area contributed by atoms with E-state index in [2.05, 4.69) is 4.98 Å². The number of carbonyl (C=O) groups is 3. The van der Waals surface area contributed by atoms with Crippen molar-refractivity contribution in [2.45, 2.75) is 57.6 Å². The van der Waals surface area contributed by atoms with E-state index in [1.807, 2.05) is 24.3 Å². The van der Waals surface area contributed by atoms with E-state index in [0.717, 1.165) is 23.6 Å². The van der Waals surface area contributed by atoms with E-state index in [-0.39, 0.29) is 55.4 Å². The Hall–Kier alpha value is -3.33. The molecule has 0 radical (unpaired) electrons. The lowest BCUT2D eigenvalue weighted by molar-refractivity contribution is -0.152.